The van der Waals surface area contributed by atoms with Crippen molar-refractivity contribution in [2.24, 2.45) is 0 Å². The van der Waals surface area contributed by atoms with Gasteiger partial charge in [0.2, 0.25) is 0 Å². The predicted molar refractivity (Wildman–Crippen MR) is 111 cm³/mol. The number of para-hydroxylation sites is 1. The van der Waals surface area contributed by atoms with E-state index < -0.39 is 0 Å². The van der Waals surface area contributed by atoms with Gasteiger partial charge in [-0.15, -0.1) is 0 Å². The van der Waals surface area contributed by atoms with Crippen LogP contribution in [0.25, 0.3) is 11.3 Å². The molecule has 0 aliphatic carbocycles. The van der Waals surface area contributed by atoms with Gasteiger partial charge in [0.05, 0.1) is 17.1 Å². The lowest BCUT2D eigenvalue weighted by molar-refractivity contribution is 0.0954. The van der Waals surface area contributed by atoms with E-state index in [1.54, 1.807) is 34.6 Å². The Morgan fingerprint density at radius 1 is 1.23 bits per heavy atom. The standard InChI is InChI=1S/C21H20N8O/c1-14-18(20-24-11-6-12-28(20)26-14)21(30)25-10-5-9-17-16(13-22)19(23)29(27-17)15-7-3-2-4-8-15/h2-4,6-8,11-12H,5,9-10,23H2,1H3,(H,25,30). The lowest BCUT2D eigenvalue weighted by Crippen LogP contribution is -2.25. The van der Waals surface area contributed by atoms with Gasteiger partial charge >= 0.3 is 0 Å². The van der Waals surface area contributed by atoms with Crippen LogP contribution in [0.5, 0.6) is 0 Å². The number of nitrogens with two attached hydrogens (primary N) is 1. The van der Waals surface area contributed by atoms with Crippen LogP contribution in [0.3, 0.4) is 0 Å². The van der Waals surface area contributed by atoms with Gasteiger partial charge in [-0.25, -0.2) is 14.2 Å². The fourth-order valence-electron chi connectivity index (χ4n) is 3.35. The summed E-state index contributed by atoms with van der Waals surface area (Å²) in [6.07, 6.45) is 4.50. The van der Waals surface area contributed by atoms with Crippen LogP contribution in [0.1, 0.15) is 33.7 Å². The third-order valence-electron chi connectivity index (χ3n) is 4.78. The third-order valence-corrected chi connectivity index (χ3v) is 4.78. The Morgan fingerprint density at radius 3 is 2.80 bits per heavy atom. The largest absolute Gasteiger partial charge is 0.382 e. The number of rotatable bonds is 6. The molecule has 0 fully saturated rings. The molecule has 0 aliphatic heterocycles. The normalized spacial score (nSPS) is 10.8. The van der Waals surface area contributed by atoms with Crippen LogP contribution in [0.4, 0.5) is 5.82 Å². The summed E-state index contributed by atoms with van der Waals surface area (Å²) in [5.41, 5.74) is 9.50. The summed E-state index contributed by atoms with van der Waals surface area (Å²) in [7, 11) is 0. The number of carbonyl (C=O) groups excluding carboxylic acids is 1. The molecule has 0 bridgehead atoms. The molecule has 0 radical (unpaired) electrons. The molecule has 1 amide bonds. The lowest BCUT2D eigenvalue weighted by atomic mass is 10.1. The number of hydrogen-bond acceptors (Lipinski definition) is 6. The van der Waals surface area contributed by atoms with Crippen molar-refractivity contribution in [1.29, 1.82) is 5.26 Å². The van der Waals surface area contributed by atoms with Crippen LogP contribution in [0, 0.1) is 18.3 Å². The molecule has 150 valence electrons. The summed E-state index contributed by atoms with van der Waals surface area (Å²) in [5, 5.41) is 21.2. The minimum atomic E-state index is -0.226. The number of anilines is 1. The number of nitrogens with zero attached hydrogens (tertiary/aromatic N) is 6. The van der Waals surface area contributed by atoms with Gasteiger partial charge in [0, 0.05) is 18.9 Å². The minimum Gasteiger partial charge on any atom is -0.382 e. The van der Waals surface area contributed by atoms with E-state index in [2.05, 4.69) is 26.6 Å². The second-order valence-electron chi connectivity index (χ2n) is 6.77. The molecule has 0 atom stereocenters. The first-order valence-corrected chi connectivity index (χ1v) is 9.51. The maximum Gasteiger partial charge on any atom is 0.257 e. The SMILES string of the molecule is Cc1nn2cccnc2c1C(=O)NCCCc1nn(-c2ccccc2)c(N)c1C#N. The molecule has 30 heavy (non-hydrogen) atoms. The topological polar surface area (TPSA) is 127 Å². The fraction of sp³-hybridized carbons (Fsp3) is 0.190. The van der Waals surface area contributed by atoms with Gasteiger partial charge in [-0.2, -0.15) is 15.5 Å². The molecule has 4 aromatic rings. The van der Waals surface area contributed by atoms with Crippen LogP contribution < -0.4 is 11.1 Å². The second kappa shape index (κ2) is 8.05. The predicted octanol–water partition coefficient (Wildman–Crippen LogP) is 2.04. The number of benzene rings is 1. The molecule has 3 heterocycles. The van der Waals surface area contributed by atoms with Crippen LogP contribution in [-0.2, 0) is 6.42 Å². The van der Waals surface area contributed by atoms with Gasteiger partial charge in [0.15, 0.2) is 5.65 Å². The van der Waals surface area contributed by atoms with Crippen molar-refractivity contribution in [3.8, 4) is 11.8 Å². The molecule has 9 heteroatoms. The summed E-state index contributed by atoms with van der Waals surface area (Å²) in [6.45, 7) is 2.20. The Morgan fingerprint density at radius 2 is 2.03 bits per heavy atom. The van der Waals surface area contributed by atoms with Crippen molar-refractivity contribution in [3.63, 3.8) is 0 Å². The molecule has 3 N–H and O–H groups in total. The van der Waals surface area contributed by atoms with Gasteiger partial charge in [-0.1, -0.05) is 18.2 Å². The summed E-state index contributed by atoms with van der Waals surface area (Å²) >= 11 is 0. The molecule has 0 saturated heterocycles. The van der Waals surface area contributed by atoms with Crippen LogP contribution in [-0.4, -0.2) is 36.8 Å². The van der Waals surface area contributed by atoms with Gasteiger partial charge in [0.25, 0.3) is 5.91 Å². The molecule has 0 saturated carbocycles. The van der Waals surface area contributed by atoms with Gasteiger partial charge in [0.1, 0.15) is 23.0 Å². The molecule has 3 aromatic heterocycles. The summed E-state index contributed by atoms with van der Waals surface area (Å²) in [5.74, 6) is 0.0897. The second-order valence-corrected chi connectivity index (χ2v) is 6.77. The van der Waals surface area contributed by atoms with Crippen molar-refractivity contribution in [3.05, 3.63) is 71.3 Å². The molecular weight excluding hydrogens is 380 g/mol. The minimum absolute atomic E-state index is 0.226. The van der Waals surface area contributed by atoms with E-state index in [1.807, 2.05) is 30.3 Å². The summed E-state index contributed by atoms with van der Waals surface area (Å²) in [4.78, 5) is 16.9. The summed E-state index contributed by atoms with van der Waals surface area (Å²) in [6, 6.07) is 13.3. The highest BCUT2D eigenvalue weighted by atomic mass is 16.1. The molecule has 4 rings (SSSR count). The summed E-state index contributed by atoms with van der Waals surface area (Å²) < 4.78 is 3.16. The van der Waals surface area contributed by atoms with Gasteiger partial charge < -0.3 is 11.1 Å². The van der Waals surface area contributed by atoms with E-state index in [0.717, 1.165) is 5.69 Å². The number of fused-ring (bicyclic) bond motifs is 1. The van der Waals surface area contributed by atoms with Crippen molar-refractivity contribution >= 4 is 17.4 Å². The van der Waals surface area contributed by atoms with Crippen molar-refractivity contribution in [2.45, 2.75) is 19.8 Å². The quantitative estimate of drug-likeness (QED) is 0.477. The van der Waals surface area contributed by atoms with Crippen LogP contribution >= 0.6 is 0 Å². The molecule has 0 aliphatic rings. The number of carbonyl (C=O) groups is 1. The Balaban J connectivity index is 1.43. The number of hydrogen-bond donors (Lipinski definition) is 2. The Bertz CT molecular complexity index is 1250. The average Bonchev–Trinajstić information content (AvgIpc) is 3.27. The highest BCUT2D eigenvalue weighted by Gasteiger charge is 2.19. The maximum absolute atomic E-state index is 12.6. The Labute approximate surface area is 172 Å². The Kier molecular flexibility index (Phi) is 5.13. The van der Waals surface area contributed by atoms with E-state index in [9.17, 15) is 10.1 Å². The zero-order valence-electron chi connectivity index (χ0n) is 16.4. The van der Waals surface area contributed by atoms with E-state index in [4.69, 9.17) is 5.73 Å². The first-order valence-electron chi connectivity index (χ1n) is 9.51. The highest BCUT2D eigenvalue weighted by Crippen LogP contribution is 2.21. The zero-order valence-corrected chi connectivity index (χ0v) is 16.4. The van der Waals surface area contributed by atoms with E-state index in [-0.39, 0.29) is 5.91 Å². The van der Waals surface area contributed by atoms with Gasteiger partial charge in [-0.3, -0.25) is 4.79 Å². The average molecular weight is 400 g/mol. The smallest absolute Gasteiger partial charge is 0.257 e. The third kappa shape index (κ3) is 3.46. The molecule has 1 aromatic carbocycles. The number of nitrogens with one attached hydrogen (secondary N) is 1. The zero-order chi connectivity index (χ0) is 21.1. The van der Waals surface area contributed by atoms with Gasteiger partial charge in [-0.05, 0) is 38.0 Å². The maximum atomic E-state index is 12.6. The van der Waals surface area contributed by atoms with Crippen molar-refractivity contribution in [2.75, 3.05) is 12.3 Å². The van der Waals surface area contributed by atoms with E-state index in [1.165, 1.54) is 0 Å². The number of amides is 1. The van der Waals surface area contributed by atoms with E-state index >= 15 is 0 Å². The first kappa shape index (κ1) is 19.1. The number of nitriles is 1. The molecule has 0 unspecified atom stereocenters. The van der Waals surface area contributed by atoms with Crippen LogP contribution in [0.15, 0.2) is 48.8 Å². The van der Waals surface area contributed by atoms with E-state index in [0.29, 0.717) is 53.4 Å². The molecular formula is C21H20N8O. The van der Waals surface area contributed by atoms with Crippen LogP contribution in [0.2, 0.25) is 0 Å². The first-order chi connectivity index (χ1) is 14.6. The molecule has 9 nitrogen and oxygen atoms in total. The fourth-order valence-corrected chi connectivity index (χ4v) is 3.35. The Hall–Kier alpha value is -4.19. The number of aromatic nitrogens is 5. The van der Waals surface area contributed by atoms with Crippen molar-refractivity contribution < 1.29 is 4.79 Å². The lowest BCUT2D eigenvalue weighted by Gasteiger charge is -2.04. The highest BCUT2D eigenvalue weighted by molar-refractivity contribution is 6.00. The van der Waals surface area contributed by atoms with Crippen molar-refractivity contribution in [1.82, 2.24) is 29.7 Å². The monoisotopic (exact) mass is 400 g/mol. The molecule has 0 spiro atoms. The number of nitrogen functional groups attached to an aromatic ring is 1. The number of aryl methyl sites for hydroxylation is 2.